The second kappa shape index (κ2) is 2.23. The average molecular weight is 166 g/mol. The van der Waals surface area contributed by atoms with Gasteiger partial charge in [0.1, 0.15) is 0 Å². The van der Waals surface area contributed by atoms with Gasteiger partial charge in [0, 0.05) is 5.92 Å². The van der Waals surface area contributed by atoms with Crippen LogP contribution in [0, 0.1) is 0 Å². The third kappa shape index (κ3) is 0.803. The van der Waals surface area contributed by atoms with E-state index in [2.05, 4.69) is 49.1 Å². The summed E-state index contributed by atoms with van der Waals surface area (Å²) in [6.45, 7) is 4.02. The van der Waals surface area contributed by atoms with E-state index in [1.54, 1.807) is 0 Å². The van der Waals surface area contributed by atoms with Crippen molar-refractivity contribution in [3.8, 4) is 0 Å². The van der Waals surface area contributed by atoms with Gasteiger partial charge in [0.15, 0.2) is 0 Å². The molecule has 0 aliphatic heterocycles. The molecule has 0 nitrogen and oxygen atoms in total. The fourth-order valence-corrected chi connectivity index (χ4v) is 2.16. The Morgan fingerprint density at radius 3 is 2.92 bits per heavy atom. The maximum absolute atomic E-state index is 4.02. The van der Waals surface area contributed by atoms with Crippen molar-refractivity contribution in [2.24, 2.45) is 0 Å². The quantitative estimate of drug-likeness (QED) is 0.554. The van der Waals surface area contributed by atoms with Gasteiger partial charge in [-0.3, -0.25) is 0 Å². The lowest BCUT2D eigenvalue weighted by Crippen LogP contribution is -1.89. The van der Waals surface area contributed by atoms with Gasteiger partial charge in [-0.1, -0.05) is 43.0 Å². The van der Waals surface area contributed by atoms with Crippen molar-refractivity contribution < 1.29 is 0 Å². The van der Waals surface area contributed by atoms with Crippen LogP contribution in [0.2, 0.25) is 0 Å². The molecule has 0 amide bonds. The van der Waals surface area contributed by atoms with Crippen molar-refractivity contribution in [2.45, 2.75) is 5.92 Å². The van der Waals surface area contributed by atoms with Crippen LogP contribution in [0.25, 0.3) is 6.08 Å². The zero-order chi connectivity index (χ0) is 8.84. The van der Waals surface area contributed by atoms with Gasteiger partial charge < -0.3 is 0 Å². The molecule has 0 spiro atoms. The second-order valence-corrected chi connectivity index (χ2v) is 3.59. The maximum atomic E-state index is 4.02. The number of allylic oxidation sites excluding steroid dienone is 4. The van der Waals surface area contributed by atoms with Crippen LogP contribution in [0.5, 0.6) is 0 Å². The first kappa shape index (κ1) is 6.90. The highest BCUT2D eigenvalue weighted by Gasteiger charge is 2.26. The highest BCUT2D eigenvalue weighted by Crippen LogP contribution is 2.44. The van der Waals surface area contributed by atoms with E-state index in [0.717, 1.165) is 0 Å². The van der Waals surface area contributed by atoms with E-state index in [1.165, 1.54) is 22.3 Å². The average Bonchev–Trinajstić information content (AvgIpc) is 2.67. The molecule has 0 saturated heterocycles. The molecule has 1 aromatic rings. The Hall–Kier alpha value is -1.56. The maximum Gasteiger partial charge on any atom is 0.0284 e. The predicted molar refractivity (Wildman–Crippen MR) is 55.4 cm³/mol. The van der Waals surface area contributed by atoms with Crippen molar-refractivity contribution >= 4 is 6.08 Å². The monoisotopic (exact) mass is 166 g/mol. The molecular formula is C13H10. The van der Waals surface area contributed by atoms with Crippen LogP contribution in [0.15, 0.2) is 54.1 Å². The van der Waals surface area contributed by atoms with E-state index in [0.29, 0.717) is 5.92 Å². The van der Waals surface area contributed by atoms with E-state index in [1.807, 2.05) is 0 Å². The van der Waals surface area contributed by atoms with E-state index in [-0.39, 0.29) is 0 Å². The largest absolute Gasteiger partial charge is 0.0915 e. The van der Waals surface area contributed by atoms with Crippen LogP contribution < -0.4 is 0 Å². The highest BCUT2D eigenvalue weighted by molar-refractivity contribution is 5.76. The fourth-order valence-electron chi connectivity index (χ4n) is 2.16. The summed E-state index contributed by atoms with van der Waals surface area (Å²) in [5.41, 5.74) is 5.32. The number of benzene rings is 1. The number of fused-ring (bicyclic) bond motifs is 3. The topological polar surface area (TPSA) is 0 Å². The Bertz CT molecular complexity index is 447. The second-order valence-electron chi connectivity index (χ2n) is 3.59. The van der Waals surface area contributed by atoms with Crippen molar-refractivity contribution in [3.63, 3.8) is 0 Å². The van der Waals surface area contributed by atoms with Crippen molar-refractivity contribution in [1.82, 2.24) is 0 Å². The summed E-state index contributed by atoms with van der Waals surface area (Å²) in [6.07, 6.45) is 6.61. The van der Waals surface area contributed by atoms with E-state index in [9.17, 15) is 0 Å². The standard InChI is InChI=1S/C13H10/c1-9-6-7-12-11-5-3-2-4-10(11)8-13(9)12/h2-8,12H,1H2. The molecule has 0 bridgehead atoms. The van der Waals surface area contributed by atoms with Crippen LogP contribution in [0.3, 0.4) is 0 Å². The fraction of sp³-hybridized carbons (Fsp3) is 0.0769. The van der Waals surface area contributed by atoms with Crippen LogP contribution in [0.4, 0.5) is 0 Å². The first-order chi connectivity index (χ1) is 6.36. The molecule has 1 aromatic carbocycles. The summed E-state index contributed by atoms with van der Waals surface area (Å²) in [7, 11) is 0. The smallest absolute Gasteiger partial charge is 0.0284 e. The highest BCUT2D eigenvalue weighted by atomic mass is 14.3. The van der Waals surface area contributed by atoms with Crippen molar-refractivity contribution in [1.29, 1.82) is 0 Å². The Morgan fingerprint density at radius 1 is 1.15 bits per heavy atom. The van der Waals surface area contributed by atoms with Gasteiger partial charge in [-0.25, -0.2) is 0 Å². The Balaban J connectivity index is 2.24. The van der Waals surface area contributed by atoms with E-state index in [4.69, 9.17) is 0 Å². The molecule has 0 N–H and O–H groups in total. The first-order valence-electron chi connectivity index (χ1n) is 4.54. The van der Waals surface area contributed by atoms with Gasteiger partial charge >= 0.3 is 0 Å². The lowest BCUT2D eigenvalue weighted by atomic mass is 9.98. The number of rotatable bonds is 0. The van der Waals surface area contributed by atoms with Crippen LogP contribution >= 0.6 is 0 Å². The summed E-state index contributed by atoms with van der Waals surface area (Å²) in [5, 5.41) is 0. The summed E-state index contributed by atoms with van der Waals surface area (Å²) in [5.74, 6) is 0.490. The molecule has 2 aliphatic carbocycles. The zero-order valence-corrected chi connectivity index (χ0v) is 7.33. The molecule has 0 heteroatoms. The third-order valence-corrected chi connectivity index (χ3v) is 2.84. The van der Waals surface area contributed by atoms with Gasteiger partial charge in [0.2, 0.25) is 0 Å². The number of hydrogen-bond acceptors (Lipinski definition) is 0. The van der Waals surface area contributed by atoms with E-state index < -0.39 is 0 Å². The minimum absolute atomic E-state index is 0.490. The van der Waals surface area contributed by atoms with Crippen molar-refractivity contribution in [2.75, 3.05) is 0 Å². The molecule has 13 heavy (non-hydrogen) atoms. The number of hydrogen-bond donors (Lipinski definition) is 0. The first-order valence-corrected chi connectivity index (χ1v) is 4.54. The van der Waals surface area contributed by atoms with E-state index >= 15 is 0 Å². The molecule has 1 atom stereocenters. The molecular weight excluding hydrogens is 156 g/mol. The van der Waals surface area contributed by atoms with Crippen molar-refractivity contribution in [3.05, 3.63) is 65.3 Å². The Kier molecular flexibility index (Phi) is 1.18. The molecule has 62 valence electrons. The minimum atomic E-state index is 0.490. The molecule has 2 aliphatic rings. The normalized spacial score (nSPS) is 22.9. The van der Waals surface area contributed by atoms with Gasteiger partial charge in [0.05, 0.1) is 0 Å². The van der Waals surface area contributed by atoms with Gasteiger partial charge in [-0.2, -0.15) is 0 Å². The molecule has 1 unspecified atom stereocenters. The van der Waals surface area contributed by atoms with Gasteiger partial charge in [-0.15, -0.1) is 0 Å². The molecule has 0 heterocycles. The molecule has 0 radical (unpaired) electrons. The minimum Gasteiger partial charge on any atom is -0.0915 e. The van der Waals surface area contributed by atoms with Crippen LogP contribution in [-0.2, 0) is 0 Å². The van der Waals surface area contributed by atoms with Crippen LogP contribution in [0.1, 0.15) is 17.0 Å². The molecule has 0 saturated carbocycles. The summed E-state index contributed by atoms with van der Waals surface area (Å²) < 4.78 is 0. The SMILES string of the molecule is C=C1C=CC2C1=Cc1ccccc12. The van der Waals surface area contributed by atoms with Gasteiger partial charge in [0.25, 0.3) is 0 Å². The molecule has 0 fully saturated rings. The third-order valence-electron chi connectivity index (χ3n) is 2.84. The summed E-state index contributed by atoms with van der Waals surface area (Å²) in [4.78, 5) is 0. The Morgan fingerprint density at radius 2 is 2.00 bits per heavy atom. The molecule has 3 rings (SSSR count). The Labute approximate surface area is 77.9 Å². The van der Waals surface area contributed by atoms with Crippen LogP contribution in [-0.4, -0.2) is 0 Å². The summed E-state index contributed by atoms with van der Waals surface area (Å²) in [6, 6.07) is 8.56. The predicted octanol–water partition coefficient (Wildman–Crippen LogP) is 3.29. The summed E-state index contributed by atoms with van der Waals surface area (Å²) >= 11 is 0. The molecule has 0 aromatic heterocycles. The lowest BCUT2D eigenvalue weighted by Gasteiger charge is -2.05. The zero-order valence-electron chi connectivity index (χ0n) is 7.33. The van der Waals surface area contributed by atoms with Gasteiger partial charge in [-0.05, 0) is 28.3 Å². The lowest BCUT2D eigenvalue weighted by molar-refractivity contribution is 1.08.